The van der Waals surface area contributed by atoms with Gasteiger partial charge in [-0.05, 0) is 18.8 Å². The zero-order valence-electron chi connectivity index (χ0n) is 11.4. The van der Waals surface area contributed by atoms with Crippen molar-refractivity contribution in [1.29, 1.82) is 0 Å². The van der Waals surface area contributed by atoms with Crippen molar-refractivity contribution in [2.45, 2.75) is 31.1 Å². The first kappa shape index (κ1) is 15.9. The van der Waals surface area contributed by atoms with Crippen LogP contribution in [0.25, 0.3) is 0 Å². The Kier molecular flexibility index (Phi) is 4.64. The third-order valence-electron chi connectivity index (χ3n) is 3.25. The van der Waals surface area contributed by atoms with Crippen molar-refractivity contribution >= 4 is 17.7 Å². The number of piperidine rings is 1. The van der Waals surface area contributed by atoms with Gasteiger partial charge in [-0.25, -0.2) is 4.68 Å². The molecule has 1 fully saturated rings. The third kappa shape index (κ3) is 3.80. The number of carbonyl (C=O) groups is 1. The SMILES string of the molecule is C[C@@H]1CCCN(C(=O)CSc2nnc(C(F)(F)F)n2N)C1. The molecule has 1 aromatic heterocycles. The fraction of sp³-hybridized carbons (Fsp3) is 0.727. The number of hydrogen-bond donors (Lipinski definition) is 1. The van der Waals surface area contributed by atoms with Crippen molar-refractivity contribution in [3.05, 3.63) is 5.82 Å². The second-order valence-electron chi connectivity index (χ2n) is 5.05. The van der Waals surface area contributed by atoms with Crippen molar-refractivity contribution in [2.24, 2.45) is 5.92 Å². The van der Waals surface area contributed by atoms with Crippen LogP contribution in [-0.4, -0.2) is 44.5 Å². The minimum absolute atomic E-state index is 0.0000888. The zero-order valence-corrected chi connectivity index (χ0v) is 12.2. The number of halogens is 3. The van der Waals surface area contributed by atoms with Gasteiger partial charge >= 0.3 is 6.18 Å². The van der Waals surface area contributed by atoms with Gasteiger partial charge in [0.1, 0.15) is 0 Å². The molecule has 0 spiro atoms. The molecular formula is C11H16F3N5OS. The van der Waals surface area contributed by atoms with Crippen LogP contribution >= 0.6 is 11.8 Å². The van der Waals surface area contributed by atoms with Crippen molar-refractivity contribution < 1.29 is 18.0 Å². The number of nitrogens with zero attached hydrogens (tertiary/aromatic N) is 4. The molecule has 21 heavy (non-hydrogen) atoms. The summed E-state index contributed by atoms with van der Waals surface area (Å²) in [4.78, 5) is 13.7. The van der Waals surface area contributed by atoms with E-state index in [9.17, 15) is 18.0 Å². The highest BCUT2D eigenvalue weighted by atomic mass is 32.2. The number of likely N-dealkylation sites (tertiary alicyclic amines) is 1. The van der Waals surface area contributed by atoms with E-state index in [1.807, 2.05) is 0 Å². The Hall–Kier alpha value is -1.45. The van der Waals surface area contributed by atoms with Crippen molar-refractivity contribution in [2.75, 3.05) is 24.7 Å². The normalized spacial score (nSPS) is 19.8. The van der Waals surface area contributed by atoms with Crippen LogP contribution in [0.5, 0.6) is 0 Å². The second kappa shape index (κ2) is 6.12. The molecule has 1 atom stereocenters. The summed E-state index contributed by atoms with van der Waals surface area (Å²) in [5.74, 6) is 4.35. The maximum atomic E-state index is 12.5. The Labute approximate surface area is 123 Å². The van der Waals surface area contributed by atoms with Gasteiger partial charge in [0.2, 0.25) is 11.1 Å². The lowest BCUT2D eigenvalue weighted by atomic mass is 10.0. The number of nitrogens with two attached hydrogens (primary N) is 1. The van der Waals surface area contributed by atoms with Crippen LogP contribution in [0.2, 0.25) is 0 Å². The lowest BCUT2D eigenvalue weighted by molar-refractivity contribution is -0.146. The molecule has 0 bridgehead atoms. The van der Waals surface area contributed by atoms with Gasteiger partial charge in [-0.1, -0.05) is 18.7 Å². The maximum Gasteiger partial charge on any atom is 0.453 e. The van der Waals surface area contributed by atoms with Gasteiger partial charge in [0, 0.05) is 13.1 Å². The Morgan fingerprint density at radius 3 is 2.76 bits per heavy atom. The quantitative estimate of drug-likeness (QED) is 0.671. The second-order valence-corrected chi connectivity index (χ2v) is 5.99. The molecule has 1 aliphatic heterocycles. The van der Waals surface area contributed by atoms with E-state index in [4.69, 9.17) is 5.84 Å². The smallest absolute Gasteiger partial charge is 0.342 e. The van der Waals surface area contributed by atoms with Crippen LogP contribution in [0.1, 0.15) is 25.6 Å². The van der Waals surface area contributed by atoms with Gasteiger partial charge in [-0.2, -0.15) is 13.2 Å². The average Bonchev–Trinajstić information content (AvgIpc) is 2.77. The highest BCUT2D eigenvalue weighted by Gasteiger charge is 2.38. The fourth-order valence-electron chi connectivity index (χ4n) is 2.20. The highest BCUT2D eigenvalue weighted by Crippen LogP contribution is 2.29. The molecular weight excluding hydrogens is 307 g/mol. The largest absolute Gasteiger partial charge is 0.453 e. The number of alkyl halides is 3. The summed E-state index contributed by atoms with van der Waals surface area (Å²) >= 11 is 0.860. The summed E-state index contributed by atoms with van der Waals surface area (Å²) < 4.78 is 37.9. The number of amides is 1. The molecule has 1 saturated heterocycles. The van der Waals surface area contributed by atoms with E-state index in [2.05, 4.69) is 17.1 Å². The lowest BCUT2D eigenvalue weighted by Crippen LogP contribution is -2.40. The molecule has 0 saturated carbocycles. The first-order valence-corrected chi connectivity index (χ1v) is 7.46. The molecule has 2 heterocycles. The Morgan fingerprint density at radius 2 is 2.19 bits per heavy atom. The zero-order chi connectivity index (χ0) is 15.6. The fourth-order valence-corrected chi connectivity index (χ4v) is 2.96. The van der Waals surface area contributed by atoms with Crippen LogP contribution in [0.3, 0.4) is 0 Å². The third-order valence-corrected chi connectivity index (χ3v) is 4.18. The van der Waals surface area contributed by atoms with E-state index >= 15 is 0 Å². The molecule has 1 amide bonds. The minimum atomic E-state index is -4.66. The van der Waals surface area contributed by atoms with E-state index in [1.54, 1.807) is 4.90 Å². The van der Waals surface area contributed by atoms with E-state index in [-0.39, 0.29) is 16.8 Å². The lowest BCUT2D eigenvalue weighted by Gasteiger charge is -2.30. The van der Waals surface area contributed by atoms with Gasteiger partial charge in [-0.15, -0.1) is 10.2 Å². The predicted octanol–water partition coefficient (Wildman–Crippen LogP) is 1.36. The maximum absolute atomic E-state index is 12.5. The minimum Gasteiger partial charge on any atom is -0.342 e. The Morgan fingerprint density at radius 1 is 1.48 bits per heavy atom. The molecule has 2 N–H and O–H groups in total. The van der Waals surface area contributed by atoms with E-state index < -0.39 is 12.0 Å². The molecule has 0 radical (unpaired) electrons. The summed E-state index contributed by atoms with van der Waals surface area (Å²) in [5, 5.41) is 6.26. The molecule has 118 valence electrons. The summed E-state index contributed by atoms with van der Waals surface area (Å²) in [6.45, 7) is 3.44. The van der Waals surface area contributed by atoms with Gasteiger partial charge < -0.3 is 10.7 Å². The molecule has 6 nitrogen and oxygen atoms in total. The van der Waals surface area contributed by atoms with E-state index in [1.165, 1.54) is 0 Å². The summed E-state index contributed by atoms with van der Waals surface area (Å²) in [5.41, 5.74) is 0. The van der Waals surface area contributed by atoms with E-state index in [0.29, 0.717) is 23.7 Å². The van der Waals surface area contributed by atoms with Gasteiger partial charge in [0.05, 0.1) is 5.75 Å². The Bertz CT molecular complexity index is 518. The van der Waals surface area contributed by atoms with Crippen molar-refractivity contribution in [3.8, 4) is 0 Å². The van der Waals surface area contributed by atoms with E-state index in [0.717, 1.165) is 24.6 Å². The van der Waals surface area contributed by atoms with Crippen LogP contribution < -0.4 is 5.84 Å². The molecule has 2 rings (SSSR count). The van der Waals surface area contributed by atoms with Gasteiger partial charge in [-0.3, -0.25) is 4.79 Å². The monoisotopic (exact) mass is 323 g/mol. The number of thioether (sulfide) groups is 1. The number of carbonyl (C=O) groups excluding carboxylic acids is 1. The first-order valence-electron chi connectivity index (χ1n) is 6.47. The topological polar surface area (TPSA) is 77.0 Å². The standard InChI is InChI=1S/C11H16F3N5OS/c1-7-3-2-4-18(5-7)8(20)6-21-10-17-16-9(19(10)15)11(12,13)14/h7H,2-6,15H2,1H3/t7-/m1/s1. The van der Waals surface area contributed by atoms with Crippen molar-refractivity contribution in [3.63, 3.8) is 0 Å². The molecule has 10 heteroatoms. The Balaban J connectivity index is 1.94. The predicted molar refractivity (Wildman–Crippen MR) is 70.9 cm³/mol. The molecule has 0 unspecified atom stereocenters. The molecule has 0 aliphatic carbocycles. The number of hydrogen-bond acceptors (Lipinski definition) is 5. The van der Waals surface area contributed by atoms with Crippen LogP contribution in [0.15, 0.2) is 5.16 Å². The van der Waals surface area contributed by atoms with Crippen molar-refractivity contribution in [1.82, 2.24) is 19.8 Å². The summed E-state index contributed by atoms with van der Waals surface area (Å²) in [6, 6.07) is 0. The average molecular weight is 323 g/mol. The number of rotatable bonds is 3. The molecule has 1 aromatic rings. The summed E-state index contributed by atoms with van der Waals surface area (Å²) in [6.07, 6.45) is -2.63. The number of aromatic nitrogens is 3. The van der Waals surface area contributed by atoms with Gasteiger partial charge in [0.15, 0.2) is 0 Å². The first-order chi connectivity index (χ1) is 9.79. The molecule has 0 aromatic carbocycles. The van der Waals surface area contributed by atoms with Crippen LogP contribution in [0, 0.1) is 5.92 Å². The molecule has 1 aliphatic rings. The number of nitrogen functional groups attached to an aromatic ring is 1. The van der Waals surface area contributed by atoms with Crippen LogP contribution in [-0.2, 0) is 11.0 Å². The van der Waals surface area contributed by atoms with Crippen LogP contribution in [0.4, 0.5) is 13.2 Å². The van der Waals surface area contributed by atoms with Gasteiger partial charge in [0.25, 0.3) is 5.82 Å². The summed E-state index contributed by atoms with van der Waals surface area (Å²) in [7, 11) is 0. The highest BCUT2D eigenvalue weighted by molar-refractivity contribution is 7.99.